The Morgan fingerprint density at radius 1 is 1.00 bits per heavy atom. The lowest BCUT2D eigenvalue weighted by Gasteiger charge is -2.25. The van der Waals surface area contributed by atoms with Crippen molar-refractivity contribution in [1.82, 2.24) is 10.2 Å². The Hall–Kier alpha value is -2.02. The van der Waals surface area contributed by atoms with Crippen molar-refractivity contribution < 1.29 is 22.7 Å². The molecule has 0 spiro atoms. The molecule has 0 amide bonds. The summed E-state index contributed by atoms with van der Waals surface area (Å²) in [4.78, 5) is 12.6. The SMILES string of the molecule is CCCCCCCCCCCC(COc1ccn[nH]1)CC(CC(=O)c1ccc(Cl)cc1)C(F)(F)F. The Labute approximate surface area is 212 Å². The summed E-state index contributed by atoms with van der Waals surface area (Å²) in [6, 6.07) is 7.61. The number of aromatic amines is 1. The summed E-state index contributed by atoms with van der Waals surface area (Å²) in [6.07, 6.45) is 7.33. The van der Waals surface area contributed by atoms with Crippen LogP contribution in [0, 0.1) is 11.8 Å². The van der Waals surface area contributed by atoms with Crippen molar-refractivity contribution in [2.45, 2.75) is 90.1 Å². The van der Waals surface area contributed by atoms with Gasteiger partial charge in [-0.3, -0.25) is 4.79 Å². The predicted octanol–water partition coefficient (Wildman–Crippen LogP) is 8.82. The molecule has 1 heterocycles. The van der Waals surface area contributed by atoms with Crippen molar-refractivity contribution in [3.8, 4) is 5.88 Å². The van der Waals surface area contributed by atoms with Gasteiger partial charge < -0.3 is 4.74 Å². The van der Waals surface area contributed by atoms with Gasteiger partial charge in [-0.15, -0.1) is 0 Å². The molecule has 0 aliphatic heterocycles. The van der Waals surface area contributed by atoms with Crippen molar-refractivity contribution in [3.05, 3.63) is 47.1 Å². The summed E-state index contributed by atoms with van der Waals surface area (Å²) in [6.45, 7) is 2.35. The lowest BCUT2D eigenvalue weighted by molar-refractivity contribution is -0.179. The number of hydrogen-bond acceptors (Lipinski definition) is 3. The highest BCUT2D eigenvalue weighted by molar-refractivity contribution is 6.30. The van der Waals surface area contributed by atoms with E-state index in [0.717, 1.165) is 19.3 Å². The topological polar surface area (TPSA) is 55.0 Å². The number of unbranched alkanes of at least 4 members (excludes halogenated alkanes) is 8. The minimum Gasteiger partial charge on any atom is -0.478 e. The fourth-order valence-corrected chi connectivity index (χ4v) is 4.38. The first kappa shape index (κ1) is 29.2. The van der Waals surface area contributed by atoms with Crippen molar-refractivity contribution in [2.24, 2.45) is 11.8 Å². The van der Waals surface area contributed by atoms with Gasteiger partial charge in [0.25, 0.3) is 0 Å². The number of aromatic nitrogens is 2. The quantitative estimate of drug-likeness (QED) is 0.160. The molecule has 35 heavy (non-hydrogen) atoms. The average Bonchev–Trinajstić information content (AvgIpc) is 3.34. The number of nitrogens with one attached hydrogen (secondary N) is 1. The number of nitrogens with zero attached hydrogens (tertiary/aromatic N) is 1. The molecule has 1 aromatic carbocycles. The van der Waals surface area contributed by atoms with Crippen LogP contribution in [0.3, 0.4) is 0 Å². The predicted molar refractivity (Wildman–Crippen MR) is 134 cm³/mol. The van der Waals surface area contributed by atoms with Crippen LogP contribution < -0.4 is 4.74 Å². The number of rotatable bonds is 18. The van der Waals surface area contributed by atoms with Crippen LogP contribution in [-0.4, -0.2) is 28.8 Å². The van der Waals surface area contributed by atoms with E-state index in [2.05, 4.69) is 17.1 Å². The molecule has 196 valence electrons. The molecule has 0 aliphatic rings. The third-order valence-electron chi connectivity index (χ3n) is 6.34. The summed E-state index contributed by atoms with van der Waals surface area (Å²) in [5, 5.41) is 6.93. The number of carbonyl (C=O) groups excluding carboxylic acids is 1. The summed E-state index contributed by atoms with van der Waals surface area (Å²) in [5.74, 6) is -2.13. The first-order valence-electron chi connectivity index (χ1n) is 12.8. The zero-order valence-corrected chi connectivity index (χ0v) is 21.3. The van der Waals surface area contributed by atoms with Gasteiger partial charge in [0, 0.05) is 23.1 Å². The molecule has 0 saturated carbocycles. The lowest BCUT2D eigenvalue weighted by Crippen LogP contribution is -2.29. The number of H-pyrrole nitrogens is 1. The maximum atomic E-state index is 13.9. The number of ether oxygens (including phenoxy) is 1. The van der Waals surface area contributed by atoms with Gasteiger partial charge in [0.15, 0.2) is 5.78 Å². The normalized spacial score (nSPS) is 13.5. The largest absolute Gasteiger partial charge is 0.478 e. The van der Waals surface area contributed by atoms with E-state index in [1.807, 2.05) is 0 Å². The highest BCUT2D eigenvalue weighted by atomic mass is 35.5. The van der Waals surface area contributed by atoms with Crippen LogP contribution in [0.5, 0.6) is 5.88 Å². The fourth-order valence-electron chi connectivity index (χ4n) is 4.26. The molecule has 1 N–H and O–H groups in total. The minimum absolute atomic E-state index is 0.145. The Morgan fingerprint density at radius 3 is 2.20 bits per heavy atom. The molecule has 0 fully saturated rings. The third kappa shape index (κ3) is 12.0. The second-order valence-corrected chi connectivity index (χ2v) is 9.76. The van der Waals surface area contributed by atoms with E-state index in [0.29, 0.717) is 17.3 Å². The van der Waals surface area contributed by atoms with Crippen LogP contribution in [0.4, 0.5) is 13.2 Å². The van der Waals surface area contributed by atoms with Crippen LogP contribution in [0.25, 0.3) is 0 Å². The van der Waals surface area contributed by atoms with Gasteiger partial charge in [-0.25, -0.2) is 5.10 Å². The third-order valence-corrected chi connectivity index (χ3v) is 6.60. The van der Waals surface area contributed by atoms with Crippen molar-refractivity contribution >= 4 is 17.4 Å². The van der Waals surface area contributed by atoms with Crippen LogP contribution in [0.15, 0.2) is 36.5 Å². The summed E-state index contributed by atoms with van der Waals surface area (Å²) in [7, 11) is 0. The van der Waals surface area contributed by atoms with Gasteiger partial charge in [0.1, 0.15) is 0 Å². The number of benzene rings is 1. The highest BCUT2D eigenvalue weighted by Gasteiger charge is 2.42. The maximum Gasteiger partial charge on any atom is 0.392 e. The Balaban J connectivity index is 1.91. The molecule has 0 aliphatic carbocycles. The van der Waals surface area contributed by atoms with Gasteiger partial charge in [-0.1, -0.05) is 76.3 Å². The number of hydrogen-bond donors (Lipinski definition) is 1. The fraction of sp³-hybridized carbons (Fsp3) is 0.630. The molecule has 8 heteroatoms. The van der Waals surface area contributed by atoms with E-state index >= 15 is 0 Å². The van der Waals surface area contributed by atoms with Crippen LogP contribution in [0.1, 0.15) is 94.3 Å². The second kappa shape index (κ2) is 15.9. The molecule has 0 radical (unpaired) electrons. The van der Waals surface area contributed by atoms with Crippen LogP contribution in [0.2, 0.25) is 5.02 Å². The Morgan fingerprint density at radius 2 is 1.63 bits per heavy atom. The van der Waals surface area contributed by atoms with Crippen molar-refractivity contribution in [1.29, 1.82) is 0 Å². The second-order valence-electron chi connectivity index (χ2n) is 9.32. The molecule has 1 aromatic heterocycles. The van der Waals surface area contributed by atoms with E-state index in [4.69, 9.17) is 16.3 Å². The monoisotopic (exact) mass is 514 g/mol. The van der Waals surface area contributed by atoms with E-state index in [-0.39, 0.29) is 24.5 Å². The van der Waals surface area contributed by atoms with Crippen molar-refractivity contribution in [2.75, 3.05) is 6.61 Å². The molecule has 0 bridgehead atoms. The first-order chi connectivity index (χ1) is 16.8. The van der Waals surface area contributed by atoms with Gasteiger partial charge in [0.2, 0.25) is 5.88 Å². The molecule has 2 aromatic rings. The van der Waals surface area contributed by atoms with Crippen molar-refractivity contribution in [3.63, 3.8) is 0 Å². The zero-order valence-electron chi connectivity index (χ0n) is 20.6. The minimum atomic E-state index is -4.47. The summed E-state index contributed by atoms with van der Waals surface area (Å²) < 4.78 is 47.4. The number of Topliss-reactive ketones (excluding diaryl/α,β-unsaturated/α-hetero) is 1. The molecule has 0 saturated heterocycles. The maximum absolute atomic E-state index is 13.9. The average molecular weight is 515 g/mol. The number of ketones is 1. The van der Waals surface area contributed by atoms with E-state index in [1.54, 1.807) is 6.07 Å². The van der Waals surface area contributed by atoms with E-state index in [9.17, 15) is 18.0 Å². The standard InChI is InChI=1S/C27H38ClF3N2O2/c1-2-3-4-5-6-7-8-9-10-11-21(20-35-26-16-17-32-33-26)18-23(27(29,30)31)19-25(34)22-12-14-24(28)15-13-22/h12-17,21,23H,2-11,18-20H2,1H3,(H,32,33). The number of alkyl halides is 3. The van der Waals surface area contributed by atoms with Gasteiger partial charge in [-0.2, -0.15) is 18.3 Å². The number of carbonyl (C=O) groups is 1. The first-order valence-corrected chi connectivity index (χ1v) is 13.1. The van der Waals surface area contributed by atoms with Gasteiger partial charge in [0.05, 0.1) is 18.7 Å². The Kier molecular flexibility index (Phi) is 13.2. The molecular formula is C27H38ClF3N2O2. The summed E-state index contributed by atoms with van der Waals surface area (Å²) >= 11 is 5.84. The van der Waals surface area contributed by atoms with Crippen LogP contribution in [-0.2, 0) is 0 Å². The smallest absolute Gasteiger partial charge is 0.392 e. The van der Waals surface area contributed by atoms with E-state index < -0.39 is 24.3 Å². The molecular weight excluding hydrogens is 477 g/mol. The molecule has 2 unspecified atom stereocenters. The Bertz CT molecular complexity index is 826. The van der Waals surface area contributed by atoms with Gasteiger partial charge in [-0.05, 0) is 43.0 Å². The highest BCUT2D eigenvalue weighted by Crippen LogP contribution is 2.36. The lowest BCUT2D eigenvalue weighted by atomic mass is 9.86. The number of halogens is 4. The van der Waals surface area contributed by atoms with Gasteiger partial charge >= 0.3 is 6.18 Å². The molecule has 2 atom stereocenters. The van der Waals surface area contributed by atoms with E-state index in [1.165, 1.54) is 69.0 Å². The molecule has 2 rings (SSSR count). The zero-order chi connectivity index (χ0) is 25.5. The summed E-state index contributed by atoms with van der Waals surface area (Å²) in [5.41, 5.74) is 0.243. The molecule has 4 nitrogen and oxygen atoms in total. The van der Waals surface area contributed by atoms with Crippen LogP contribution >= 0.6 is 11.6 Å².